The number of hydrogen-bond donors (Lipinski definition) is 1. The summed E-state index contributed by atoms with van der Waals surface area (Å²) in [6, 6.07) is 0. The molecule has 0 amide bonds. The Bertz CT molecular complexity index is 132. The highest BCUT2D eigenvalue weighted by Crippen LogP contribution is 1.85. The van der Waals surface area contributed by atoms with Crippen LogP contribution in [0.1, 0.15) is 13.3 Å². The lowest BCUT2D eigenvalue weighted by Crippen LogP contribution is -1.67. The summed E-state index contributed by atoms with van der Waals surface area (Å²) < 4.78 is 0. The van der Waals surface area contributed by atoms with Gasteiger partial charge < -0.3 is 5.11 Å². The minimum Gasteiger partial charge on any atom is -0.392 e. The van der Waals surface area contributed by atoms with Crippen molar-refractivity contribution in [2.24, 2.45) is 0 Å². The SMILES string of the molecule is C/C=C/C/C=C/C=C/CO. The summed E-state index contributed by atoms with van der Waals surface area (Å²) in [5.74, 6) is 0. The summed E-state index contributed by atoms with van der Waals surface area (Å²) in [7, 11) is 0. The van der Waals surface area contributed by atoms with Crippen molar-refractivity contribution in [3.8, 4) is 0 Å². The van der Waals surface area contributed by atoms with Gasteiger partial charge in [-0.25, -0.2) is 0 Å². The van der Waals surface area contributed by atoms with Crippen molar-refractivity contribution >= 4 is 0 Å². The van der Waals surface area contributed by atoms with Gasteiger partial charge >= 0.3 is 0 Å². The van der Waals surface area contributed by atoms with Crippen LogP contribution in [0.15, 0.2) is 36.5 Å². The highest BCUT2D eigenvalue weighted by Gasteiger charge is 1.66. The van der Waals surface area contributed by atoms with Crippen LogP contribution >= 0.6 is 0 Å². The molecule has 1 nitrogen and oxygen atoms in total. The van der Waals surface area contributed by atoms with Gasteiger partial charge in [0, 0.05) is 0 Å². The molecule has 0 bridgehead atoms. The average Bonchev–Trinajstić information content (AvgIpc) is 1.97. The maximum absolute atomic E-state index is 8.33. The van der Waals surface area contributed by atoms with Gasteiger partial charge in [0.1, 0.15) is 0 Å². The monoisotopic (exact) mass is 138 g/mol. The predicted molar refractivity (Wildman–Crippen MR) is 44.8 cm³/mol. The quantitative estimate of drug-likeness (QED) is 0.465. The molecule has 0 aliphatic carbocycles. The third-order valence-electron chi connectivity index (χ3n) is 0.997. The average molecular weight is 138 g/mol. The van der Waals surface area contributed by atoms with Crippen molar-refractivity contribution in [3.63, 3.8) is 0 Å². The fourth-order valence-corrected chi connectivity index (χ4v) is 0.511. The lowest BCUT2D eigenvalue weighted by atomic mass is 10.3. The van der Waals surface area contributed by atoms with Gasteiger partial charge in [0.2, 0.25) is 0 Å². The normalized spacial score (nSPS) is 12.6. The Balaban J connectivity index is 3.28. The van der Waals surface area contributed by atoms with E-state index >= 15 is 0 Å². The van der Waals surface area contributed by atoms with Gasteiger partial charge in [-0.3, -0.25) is 0 Å². The number of hydrogen-bond acceptors (Lipinski definition) is 1. The first kappa shape index (κ1) is 9.18. The van der Waals surface area contributed by atoms with Gasteiger partial charge in [-0.05, 0) is 13.3 Å². The molecule has 0 saturated carbocycles. The van der Waals surface area contributed by atoms with Gasteiger partial charge in [-0.15, -0.1) is 0 Å². The Morgan fingerprint density at radius 1 is 1.10 bits per heavy atom. The first-order valence-corrected chi connectivity index (χ1v) is 3.45. The van der Waals surface area contributed by atoms with Crippen LogP contribution in [-0.2, 0) is 0 Å². The lowest BCUT2D eigenvalue weighted by molar-refractivity contribution is 0.343. The molecule has 0 spiro atoms. The van der Waals surface area contributed by atoms with Gasteiger partial charge in [-0.2, -0.15) is 0 Å². The molecule has 0 atom stereocenters. The molecule has 0 aliphatic rings. The van der Waals surface area contributed by atoms with E-state index in [4.69, 9.17) is 5.11 Å². The number of aliphatic hydroxyl groups is 1. The summed E-state index contributed by atoms with van der Waals surface area (Å²) in [6.45, 7) is 2.12. The largest absolute Gasteiger partial charge is 0.392 e. The zero-order chi connectivity index (χ0) is 7.66. The van der Waals surface area contributed by atoms with Crippen LogP contribution in [0.5, 0.6) is 0 Å². The molecule has 56 valence electrons. The van der Waals surface area contributed by atoms with Crippen molar-refractivity contribution in [1.82, 2.24) is 0 Å². The van der Waals surface area contributed by atoms with Crippen LogP contribution < -0.4 is 0 Å². The van der Waals surface area contributed by atoms with Crippen molar-refractivity contribution in [3.05, 3.63) is 36.5 Å². The van der Waals surface area contributed by atoms with Crippen molar-refractivity contribution in [1.29, 1.82) is 0 Å². The van der Waals surface area contributed by atoms with E-state index < -0.39 is 0 Å². The highest BCUT2D eigenvalue weighted by atomic mass is 16.2. The van der Waals surface area contributed by atoms with E-state index in [9.17, 15) is 0 Å². The zero-order valence-electron chi connectivity index (χ0n) is 6.33. The molecule has 0 heterocycles. The molecule has 0 saturated heterocycles. The molecule has 0 aromatic rings. The van der Waals surface area contributed by atoms with Crippen LogP contribution in [0, 0.1) is 0 Å². The second-order valence-electron chi connectivity index (χ2n) is 1.84. The van der Waals surface area contributed by atoms with Crippen LogP contribution in [0.25, 0.3) is 0 Å². The predicted octanol–water partition coefficient (Wildman–Crippen LogP) is 2.06. The van der Waals surface area contributed by atoms with Crippen LogP contribution in [0.4, 0.5) is 0 Å². The summed E-state index contributed by atoms with van der Waals surface area (Å²) >= 11 is 0. The van der Waals surface area contributed by atoms with Crippen molar-refractivity contribution in [2.75, 3.05) is 6.61 Å². The molecular weight excluding hydrogens is 124 g/mol. The standard InChI is InChI=1S/C9H14O/c1-2-3-4-5-6-7-8-9-10/h2-3,5-8,10H,4,9H2,1H3/b3-2+,6-5+,8-7+. The maximum atomic E-state index is 8.33. The molecule has 0 radical (unpaired) electrons. The number of aliphatic hydroxyl groups excluding tert-OH is 1. The molecule has 1 N–H and O–H groups in total. The van der Waals surface area contributed by atoms with E-state index in [2.05, 4.69) is 6.08 Å². The van der Waals surface area contributed by atoms with Gasteiger partial charge in [-0.1, -0.05) is 36.5 Å². The summed E-state index contributed by atoms with van der Waals surface area (Å²) in [6.07, 6.45) is 12.5. The third kappa shape index (κ3) is 7.18. The Hall–Kier alpha value is -0.820. The first-order valence-electron chi connectivity index (χ1n) is 3.45. The Morgan fingerprint density at radius 3 is 2.40 bits per heavy atom. The fourth-order valence-electron chi connectivity index (χ4n) is 0.511. The van der Waals surface area contributed by atoms with Crippen LogP contribution in [-0.4, -0.2) is 11.7 Å². The maximum Gasteiger partial charge on any atom is 0.0615 e. The lowest BCUT2D eigenvalue weighted by Gasteiger charge is -1.77. The summed E-state index contributed by atoms with van der Waals surface area (Å²) in [5.41, 5.74) is 0. The summed E-state index contributed by atoms with van der Waals surface area (Å²) in [5, 5.41) is 8.33. The second-order valence-corrected chi connectivity index (χ2v) is 1.84. The molecular formula is C9H14O. The van der Waals surface area contributed by atoms with E-state index in [1.807, 2.05) is 31.2 Å². The Kier molecular flexibility index (Phi) is 7.51. The molecule has 1 heteroatoms. The highest BCUT2D eigenvalue weighted by molar-refractivity contribution is 5.04. The molecule has 0 unspecified atom stereocenters. The van der Waals surface area contributed by atoms with E-state index in [0.717, 1.165) is 6.42 Å². The number of allylic oxidation sites excluding steroid dienone is 5. The minimum absolute atomic E-state index is 0.119. The Morgan fingerprint density at radius 2 is 1.80 bits per heavy atom. The van der Waals surface area contributed by atoms with Crippen molar-refractivity contribution in [2.45, 2.75) is 13.3 Å². The molecule has 0 rings (SSSR count). The van der Waals surface area contributed by atoms with E-state index in [-0.39, 0.29) is 6.61 Å². The van der Waals surface area contributed by atoms with Crippen LogP contribution in [0.3, 0.4) is 0 Å². The second kappa shape index (κ2) is 8.18. The smallest absolute Gasteiger partial charge is 0.0615 e. The topological polar surface area (TPSA) is 20.2 Å². The Labute approximate surface area is 62.4 Å². The van der Waals surface area contributed by atoms with Gasteiger partial charge in [0.25, 0.3) is 0 Å². The summed E-state index contributed by atoms with van der Waals surface area (Å²) in [4.78, 5) is 0. The molecule has 0 aromatic heterocycles. The third-order valence-corrected chi connectivity index (χ3v) is 0.997. The van der Waals surface area contributed by atoms with Crippen LogP contribution in [0.2, 0.25) is 0 Å². The van der Waals surface area contributed by atoms with Gasteiger partial charge in [0.05, 0.1) is 6.61 Å². The first-order chi connectivity index (χ1) is 4.91. The molecule has 0 fully saturated rings. The molecule has 0 aromatic carbocycles. The van der Waals surface area contributed by atoms with Crippen molar-refractivity contribution < 1.29 is 5.11 Å². The zero-order valence-corrected chi connectivity index (χ0v) is 6.33. The molecule has 10 heavy (non-hydrogen) atoms. The number of rotatable bonds is 4. The minimum atomic E-state index is 0.119. The van der Waals surface area contributed by atoms with E-state index in [1.165, 1.54) is 0 Å². The molecule has 0 aliphatic heterocycles. The fraction of sp³-hybridized carbons (Fsp3) is 0.333. The van der Waals surface area contributed by atoms with Gasteiger partial charge in [0.15, 0.2) is 0 Å². The van der Waals surface area contributed by atoms with E-state index in [1.54, 1.807) is 6.08 Å². The van der Waals surface area contributed by atoms with E-state index in [0.29, 0.717) is 0 Å².